The van der Waals surface area contributed by atoms with Crippen LogP contribution in [0.25, 0.3) is 0 Å². The molecule has 0 bridgehead atoms. The van der Waals surface area contributed by atoms with Gasteiger partial charge in [-0.1, -0.05) is 36.0 Å². The molecule has 1 aliphatic rings. The Morgan fingerprint density at radius 1 is 1.21 bits per heavy atom. The molecule has 0 fully saturated rings. The van der Waals surface area contributed by atoms with E-state index < -0.39 is 6.10 Å². The fraction of sp³-hybridized carbons (Fsp3) is 0.250. The van der Waals surface area contributed by atoms with Gasteiger partial charge in [0.2, 0.25) is 12.0 Å². The van der Waals surface area contributed by atoms with Gasteiger partial charge in [-0.3, -0.25) is 4.79 Å². The van der Waals surface area contributed by atoms with Gasteiger partial charge in [0.1, 0.15) is 12.4 Å². The van der Waals surface area contributed by atoms with Crippen molar-refractivity contribution in [2.75, 3.05) is 19.4 Å². The number of aromatic nitrogens is 2. The Morgan fingerprint density at radius 2 is 2.03 bits per heavy atom. The van der Waals surface area contributed by atoms with E-state index in [9.17, 15) is 9.18 Å². The lowest BCUT2D eigenvalue weighted by Gasteiger charge is -2.23. The summed E-state index contributed by atoms with van der Waals surface area (Å²) in [4.78, 5) is 13.9. The van der Waals surface area contributed by atoms with Crippen LogP contribution in [0.4, 0.5) is 4.39 Å². The summed E-state index contributed by atoms with van der Waals surface area (Å²) in [6.07, 6.45) is -0.502. The predicted octanol–water partition coefficient (Wildman–Crippen LogP) is 3.47. The molecule has 7 nitrogen and oxygen atoms in total. The smallest absolute Gasteiger partial charge is 0.277 e. The van der Waals surface area contributed by atoms with Gasteiger partial charge in [-0.2, -0.15) is 0 Å². The van der Waals surface area contributed by atoms with Gasteiger partial charge in [0.05, 0.1) is 5.75 Å². The lowest BCUT2D eigenvalue weighted by Crippen LogP contribution is -2.27. The summed E-state index contributed by atoms with van der Waals surface area (Å²) in [5, 5.41) is 8.24. The Kier molecular flexibility index (Phi) is 5.66. The molecule has 4 rings (SSSR count). The summed E-state index contributed by atoms with van der Waals surface area (Å²) >= 11 is 1.14. The highest BCUT2D eigenvalue weighted by Gasteiger charge is 2.27. The first-order valence-electron chi connectivity index (χ1n) is 8.91. The highest BCUT2D eigenvalue weighted by molar-refractivity contribution is 7.99. The van der Waals surface area contributed by atoms with Gasteiger partial charge in [-0.25, -0.2) is 4.39 Å². The van der Waals surface area contributed by atoms with Crippen molar-refractivity contribution in [3.05, 3.63) is 65.8 Å². The Bertz CT molecular complexity index is 1010. The lowest BCUT2D eigenvalue weighted by atomic mass is 10.2. The van der Waals surface area contributed by atoms with Crippen molar-refractivity contribution in [3.63, 3.8) is 0 Å². The van der Waals surface area contributed by atoms with Crippen molar-refractivity contribution in [3.8, 4) is 11.5 Å². The van der Waals surface area contributed by atoms with Gasteiger partial charge >= 0.3 is 0 Å². The fourth-order valence-electron chi connectivity index (χ4n) is 2.78. The molecule has 0 N–H and O–H groups in total. The molecule has 0 aliphatic carbocycles. The number of amides is 1. The maximum atomic E-state index is 13.3. The van der Waals surface area contributed by atoms with E-state index in [1.807, 2.05) is 18.2 Å². The van der Waals surface area contributed by atoms with E-state index >= 15 is 0 Å². The first kappa shape index (κ1) is 19.3. The highest BCUT2D eigenvalue weighted by Crippen LogP contribution is 2.35. The second-order valence-electron chi connectivity index (χ2n) is 6.44. The molecule has 1 unspecified atom stereocenters. The van der Waals surface area contributed by atoms with Crippen molar-refractivity contribution in [1.82, 2.24) is 15.1 Å². The van der Waals surface area contributed by atoms with Crippen LogP contribution in [-0.4, -0.2) is 40.4 Å². The minimum atomic E-state index is -0.502. The quantitative estimate of drug-likeness (QED) is 0.571. The highest BCUT2D eigenvalue weighted by atomic mass is 32.2. The third kappa shape index (κ3) is 4.68. The summed E-state index contributed by atoms with van der Waals surface area (Å²) in [6.45, 7) is 0.581. The van der Waals surface area contributed by atoms with Crippen LogP contribution in [0.3, 0.4) is 0 Å². The van der Waals surface area contributed by atoms with Gasteiger partial charge in [0, 0.05) is 13.6 Å². The van der Waals surface area contributed by atoms with Gasteiger partial charge < -0.3 is 18.8 Å². The molecule has 150 valence electrons. The third-order valence-electron chi connectivity index (χ3n) is 4.26. The van der Waals surface area contributed by atoms with E-state index in [-0.39, 0.29) is 29.3 Å². The zero-order valence-corrected chi connectivity index (χ0v) is 16.4. The number of para-hydroxylation sites is 2. The minimum absolute atomic E-state index is 0.123. The monoisotopic (exact) mass is 415 g/mol. The SMILES string of the molecule is CN(Cc1cccc(F)c1)C(=O)CSc1nnc(C2COc3ccccc3O2)o1. The first-order valence-corrected chi connectivity index (χ1v) is 9.90. The van der Waals surface area contributed by atoms with Crippen LogP contribution in [0.1, 0.15) is 17.6 Å². The van der Waals surface area contributed by atoms with Gasteiger partial charge in [0.25, 0.3) is 11.1 Å². The molecule has 2 heterocycles. The van der Waals surface area contributed by atoms with E-state index in [1.54, 1.807) is 25.2 Å². The number of carbonyl (C=O) groups excluding carboxylic acids is 1. The van der Waals surface area contributed by atoms with Crippen molar-refractivity contribution in [2.24, 2.45) is 0 Å². The number of hydrogen-bond acceptors (Lipinski definition) is 7. The maximum absolute atomic E-state index is 13.3. The van der Waals surface area contributed by atoms with Crippen molar-refractivity contribution in [1.29, 1.82) is 0 Å². The summed E-state index contributed by atoms with van der Waals surface area (Å²) in [6, 6.07) is 13.5. The molecule has 29 heavy (non-hydrogen) atoms. The number of fused-ring (bicyclic) bond motifs is 1. The Hall–Kier alpha value is -3.07. The van der Waals surface area contributed by atoms with E-state index in [1.165, 1.54) is 17.0 Å². The van der Waals surface area contributed by atoms with E-state index in [0.717, 1.165) is 17.3 Å². The first-order chi connectivity index (χ1) is 14.1. The Balaban J connectivity index is 1.31. The average Bonchev–Trinajstić information content (AvgIpc) is 3.20. The molecule has 2 aromatic carbocycles. The average molecular weight is 415 g/mol. The van der Waals surface area contributed by atoms with E-state index in [4.69, 9.17) is 13.9 Å². The van der Waals surface area contributed by atoms with Gasteiger partial charge in [0.15, 0.2) is 11.5 Å². The second-order valence-corrected chi connectivity index (χ2v) is 7.37. The second kappa shape index (κ2) is 8.52. The van der Waals surface area contributed by atoms with Crippen LogP contribution in [0.5, 0.6) is 11.5 Å². The number of carbonyl (C=O) groups is 1. The number of thioether (sulfide) groups is 1. The molecule has 1 atom stereocenters. The zero-order chi connectivity index (χ0) is 20.2. The molecule has 1 amide bonds. The molecule has 0 spiro atoms. The van der Waals surface area contributed by atoms with Crippen molar-refractivity contribution < 1.29 is 23.1 Å². The number of nitrogens with zero attached hydrogens (tertiary/aromatic N) is 3. The zero-order valence-electron chi connectivity index (χ0n) is 15.6. The van der Waals surface area contributed by atoms with Gasteiger partial charge in [-0.05, 0) is 29.8 Å². The molecule has 3 aromatic rings. The molecule has 0 radical (unpaired) electrons. The normalized spacial score (nSPS) is 15.2. The van der Waals surface area contributed by atoms with Crippen molar-refractivity contribution in [2.45, 2.75) is 17.9 Å². The van der Waals surface area contributed by atoms with Gasteiger partial charge in [-0.15, -0.1) is 10.2 Å². The minimum Gasteiger partial charge on any atom is -0.485 e. The number of hydrogen-bond donors (Lipinski definition) is 0. The molecular formula is C20H18FN3O4S. The molecule has 0 saturated heterocycles. The van der Waals surface area contributed by atoms with Crippen LogP contribution in [0, 0.1) is 5.82 Å². The van der Waals surface area contributed by atoms with Crippen molar-refractivity contribution >= 4 is 17.7 Å². The summed E-state index contributed by atoms with van der Waals surface area (Å²) in [5.41, 5.74) is 0.723. The molecule has 0 saturated carbocycles. The van der Waals surface area contributed by atoms with Crippen LogP contribution in [0.2, 0.25) is 0 Å². The molecule has 9 heteroatoms. The summed E-state index contributed by atoms with van der Waals surface area (Å²) in [5.74, 6) is 1.24. The molecule has 1 aromatic heterocycles. The topological polar surface area (TPSA) is 77.7 Å². The predicted molar refractivity (Wildman–Crippen MR) is 103 cm³/mol. The molecular weight excluding hydrogens is 397 g/mol. The van der Waals surface area contributed by atoms with Crippen LogP contribution >= 0.6 is 11.8 Å². The maximum Gasteiger partial charge on any atom is 0.277 e. The van der Waals surface area contributed by atoms with E-state index in [2.05, 4.69) is 10.2 Å². The Labute approximate surface area is 170 Å². The van der Waals surface area contributed by atoms with Crippen LogP contribution in [0.15, 0.2) is 58.2 Å². The van der Waals surface area contributed by atoms with Crippen LogP contribution < -0.4 is 9.47 Å². The molecule has 1 aliphatic heterocycles. The number of halogens is 1. The third-order valence-corrected chi connectivity index (χ3v) is 5.06. The van der Waals surface area contributed by atoms with E-state index in [0.29, 0.717) is 23.9 Å². The number of ether oxygens (including phenoxy) is 2. The Morgan fingerprint density at radius 3 is 2.86 bits per heavy atom. The fourth-order valence-corrected chi connectivity index (χ4v) is 3.49. The lowest BCUT2D eigenvalue weighted by molar-refractivity contribution is -0.127. The number of benzene rings is 2. The number of rotatable bonds is 6. The summed E-state index contributed by atoms with van der Waals surface area (Å²) in [7, 11) is 1.66. The summed E-state index contributed by atoms with van der Waals surface area (Å²) < 4.78 is 30.4. The standard InChI is InChI=1S/C20H18FN3O4S/c1-24(10-13-5-4-6-14(21)9-13)18(25)12-29-20-23-22-19(28-20)17-11-26-15-7-2-3-8-16(15)27-17/h2-9,17H,10-12H2,1H3. The van der Waals surface area contributed by atoms with Crippen LogP contribution in [-0.2, 0) is 11.3 Å². The largest absolute Gasteiger partial charge is 0.485 e.